The summed E-state index contributed by atoms with van der Waals surface area (Å²) in [6, 6.07) is 16.0. The molecule has 1 fully saturated rings. The summed E-state index contributed by atoms with van der Waals surface area (Å²) >= 11 is 1.91. The maximum Gasteiger partial charge on any atom is 0.160 e. The van der Waals surface area contributed by atoms with Gasteiger partial charge in [-0.15, -0.1) is 0 Å². The number of aliphatic imine (C=N–C) groups is 1. The summed E-state index contributed by atoms with van der Waals surface area (Å²) in [5, 5.41) is 1.19. The molecular formula is C27H32N4S. The summed E-state index contributed by atoms with van der Waals surface area (Å²) in [7, 11) is 0. The monoisotopic (exact) mass is 444 g/mol. The van der Waals surface area contributed by atoms with Crippen molar-refractivity contribution in [3.8, 4) is 5.69 Å². The number of hydrogen-bond acceptors (Lipinski definition) is 4. The molecule has 1 aromatic carbocycles. The first-order valence-electron chi connectivity index (χ1n) is 11.7. The Morgan fingerprint density at radius 2 is 1.91 bits per heavy atom. The molecule has 0 bridgehead atoms. The first kappa shape index (κ1) is 21.3. The molecule has 5 rings (SSSR count). The van der Waals surface area contributed by atoms with Gasteiger partial charge in [0.15, 0.2) is 5.17 Å². The molecule has 2 aliphatic rings. The number of aromatic nitrogens is 2. The van der Waals surface area contributed by atoms with Crippen LogP contribution in [0.4, 0.5) is 0 Å². The van der Waals surface area contributed by atoms with Gasteiger partial charge in [-0.05, 0) is 68.5 Å². The van der Waals surface area contributed by atoms with Crippen LogP contribution < -0.4 is 0 Å². The summed E-state index contributed by atoms with van der Waals surface area (Å²) in [5.74, 6) is 1.12. The van der Waals surface area contributed by atoms with Gasteiger partial charge in [0, 0.05) is 29.4 Å². The van der Waals surface area contributed by atoms with Gasteiger partial charge in [-0.2, -0.15) is 0 Å². The predicted octanol–water partition coefficient (Wildman–Crippen LogP) is 6.34. The van der Waals surface area contributed by atoms with E-state index in [-0.39, 0.29) is 12.1 Å². The highest BCUT2D eigenvalue weighted by atomic mass is 32.2. The van der Waals surface area contributed by atoms with Crippen LogP contribution >= 0.6 is 11.8 Å². The number of hydrogen-bond donors (Lipinski definition) is 0. The lowest BCUT2D eigenvalue weighted by Crippen LogP contribution is -2.35. The third kappa shape index (κ3) is 3.29. The normalized spacial score (nSPS) is 22.3. The number of amidine groups is 1. The Bertz CT molecular complexity index is 1160. The smallest absolute Gasteiger partial charge is 0.160 e. The Hall–Kier alpha value is -2.53. The average Bonchev–Trinajstić information content (AvgIpc) is 3.46. The van der Waals surface area contributed by atoms with Crippen LogP contribution in [0.1, 0.15) is 66.1 Å². The van der Waals surface area contributed by atoms with E-state index in [2.05, 4.69) is 80.5 Å². The fourth-order valence-electron chi connectivity index (χ4n) is 5.44. The molecule has 3 aromatic rings. The van der Waals surface area contributed by atoms with Crippen molar-refractivity contribution >= 4 is 16.9 Å². The molecule has 0 saturated carbocycles. The Labute approximate surface area is 195 Å². The van der Waals surface area contributed by atoms with Crippen molar-refractivity contribution in [2.45, 2.75) is 65.6 Å². The largest absolute Gasteiger partial charge is 0.338 e. The van der Waals surface area contributed by atoms with E-state index in [0.717, 1.165) is 24.3 Å². The van der Waals surface area contributed by atoms with E-state index >= 15 is 0 Å². The van der Waals surface area contributed by atoms with Crippen molar-refractivity contribution in [1.29, 1.82) is 0 Å². The first-order chi connectivity index (χ1) is 15.5. The predicted molar refractivity (Wildman–Crippen MR) is 135 cm³/mol. The molecule has 1 saturated heterocycles. The molecular weight excluding hydrogens is 412 g/mol. The van der Waals surface area contributed by atoms with Crippen LogP contribution in [-0.2, 0) is 6.42 Å². The van der Waals surface area contributed by atoms with Crippen molar-refractivity contribution in [2.24, 2.45) is 4.99 Å². The van der Waals surface area contributed by atoms with Gasteiger partial charge in [-0.25, -0.2) is 0 Å². The maximum atomic E-state index is 5.21. The maximum absolute atomic E-state index is 5.21. The molecule has 4 nitrogen and oxygen atoms in total. The molecule has 0 radical (unpaired) electrons. The van der Waals surface area contributed by atoms with E-state index in [1.165, 1.54) is 38.9 Å². The van der Waals surface area contributed by atoms with Crippen molar-refractivity contribution < 1.29 is 0 Å². The fourth-order valence-corrected chi connectivity index (χ4v) is 6.78. The van der Waals surface area contributed by atoms with E-state index in [9.17, 15) is 0 Å². The number of aryl methyl sites for hydroxylation is 3. The average molecular weight is 445 g/mol. The topological polar surface area (TPSA) is 33.4 Å². The molecule has 0 amide bonds. The lowest BCUT2D eigenvalue weighted by molar-refractivity contribution is 0.254. The van der Waals surface area contributed by atoms with Crippen LogP contribution in [0.3, 0.4) is 0 Å². The van der Waals surface area contributed by atoms with Gasteiger partial charge >= 0.3 is 0 Å². The van der Waals surface area contributed by atoms with Crippen molar-refractivity contribution in [2.75, 3.05) is 5.75 Å². The van der Waals surface area contributed by atoms with Gasteiger partial charge < -0.3 is 9.47 Å². The fraction of sp³-hybridized carbons (Fsp3) is 0.407. The molecule has 166 valence electrons. The highest BCUT2D eigenvalue weighted by molar-refractivity contribution is 8.14. The van der Waals surface area contributed by atoms with Crippen LogP contribution in [-0.4, -0.2) is 31.4 Å². The van der Waals surface area contributed by atoms with E-state index < -0.39 is 0 Å². The van der Waals surface area contributed by atoms with Crippen LogP contribution in [0.2, 0.25) is 0 Å². The Morgan fingerprint density at radius 3 is 2.62 bits per heavy atom. The number of fused-ring (bicyclic) bond motifs is 1. The van der Waals surface area contributed by atoms with Gasteiger partial charge in [0.05, 0.1) is 17.4 Å². The quantitative estimate of drug-likeness (QED) is 0.460. The molecule has 2 aliphatic heterocycles. The van der Waals surface area contributed by atoms with Crippen LogP contribution in [0.15, 0.2) is 53.7 Å². The van der Waals surface area contributed by atoms with Crippen LogP contribution in [0.5, 0.6) is 0 Å². The van der Waals surface area contributed by atoms with Gasteiger partial charge in [0.1, 0.15) is 6.04 Å². The number of thioether (sulfide) groups is 1. The Balaban J connectivity index is 1.67. The minimum absolute atomic E-state index is 0.0320. The minimum Gasteiger partial charge on any atom is -0.338 e. The van der Waals surface area contributed by atoms with Crippen LogP contribution in [0.25, 0.3) is 5.69 Å². The van der Waals surface area contributed by atoms with Gasteiger partial charge in [0.25, 0.3) is 0 Å². The summed E-state index contributed by atoms with van der Waals surface area (Å²) in [5.41, 5.74) is 9.10. The molecule has 32 heavy (non-hydrogen) atoms. The molecule has 2 aromatic heterocycles. The second-order valence-corrected chi connectivity index (χ2v) is 9.92. The van der Waals surface area contributed by atoms with E-state index in [4.69, 9.17) is 9.98 Å². The lowest BCUT2D eigenvalue weighted by Gasteiger charge is -2.32. The van der Waals surface area contributed by atoms with Gasteiger partial charge in [-0.3, -0.25) is 9.98 Å². The summed E-state index contributed by atoms with van der Waals surface area (Å²) in [6.45, 7) is 11.3. The van der Waals surface area contributed by atoms with E-state index in [1.54, 1.807) is 0 Å². The Kier molecular flexibility index (Phi) is 5.62. The van der Waals surface area contributed by atoms with E-state index in [1.807, 2.05) is 24.0 Å². The van der Waals surface area contributed by atoms with E-state index in [0.29, 0.717) is 6.04 Å². The molecule has 0 N–H and O–H groups in total. The zero-order valence-electron chi connectivity index (χ0n) is 19.7. The van der Waals surface area contributed by atoms with Crippen molar-refractivity contribution in [3.05, 3.63) is 82.4 Å². The third-order valence-electron chi connectivity index (χ3n) is 7.04. The first-order valence-corrected chi connectivity index (χ1v) is 12.7. The number of rotatable bonds is 5. The van der Waals surface area contributed by atoms with Crippen LogP contribution in [0, 0.1) is 20.8 Å². The van der Waals surface area contributed by atoms with Crippen molar-refractivity contribution in [1.82, 2.24) is 14.5 Å². The van der Waals surface area contributed by atoms with Gasteiger partial charge in [0.2, 0.25) is 0 Å². The summed E-state index contributed by atoms with van der Waals surface area (Å²) in [6.07, 6.45) is 4.05. The highest BCUT2D eigenvalue weighted by Crippen LogP contribution is 2.50. The number of benzene rings is 1. The minimum atomic E-state index is 0.0320. The van der Waals surface area contributed by atoms with Crippen molar-refractivity contribution in [3.63, 3.8) is 0 Å². The molecule has 5 heteroatoms. The zero-order chi connectivity index (χ0) is 22.4. The standard InChI is InChI=1S/C27H32N4S/c1-6-20-12-10-11-17(3)25(20)30-18(4)15-22(19(30)5)26-24(23-13-8-9-14-28-23)29-27-31(26)21(7-2)16-32-27/h8-15,21,24,26H,6-7,16H2,1-5H3/t21-,24-,26+/m1/s1. The number of pyridine rings is 1. The molecule has 0 aliphatic carbocycles. The molecule has 4 heterocycles. The molecule has 3 atom stereocenters. The summed E-state index contributed by atoms with van der Waals surface area (Å²) < 4.78 is 2.47. The number of nitrogens with zero attached hydrogens (tertiary/aromatic N) is 4. The SMILES string of the molecule is CCc1cccc(C)c1-n1c(C)cc([C@H]2[C@@H](c3ccccn3)N=C3SC[C@@H](CC)N32)c1C. The Morgan fingerprint density at radius 1 is 1.06 bits per heavy atom. The zero-order valence-corrected chi connectivity index (χ0v) is 20.5. The lowest BCUT2D eigenvalue weighted by atomic mass is 9.95. The molecule has 0 spiro atoms. The highest BCUT2D eigenvalue weighted by Gasteiger charge is 2.46. The molecule has 0 unspecified atom stereocenters. The summed E-state index contributed by atoms with van der Waals surface area (Å²) in [4.78, 5) is 12.5. The number of para-hydroxylation sites is 1. The third-order valence-corrected chi connectivity index (χ3v) is 8.17. The second kappa shape index (κ2) is 8.43. The van der Waals surface area contributed by atoms with Gasteiger partial charge in [-0.1, -0.05) is 49.9 Å². The second-order valence-electron chi connectivity index (χ2n) is 8.93.